The Morgan fingerprint density at radius 2 is 2.38 bits per heavy atom. The minimum Gasteiger partial charge on any atom is -0.495 e. The van der Waals surface area contributed by atoms with E-state index in [1.165, 1.54) is 0 Å². The number of hydrogen-bond donors (Lipinski definition) is 1. The summed E-state index contributed by atoms with van der Waals surface area (Å²) in [6.45, 7) is 1.87. The predicted octanol–water partition coefficient (Wildman–Crippen LogP) is 1.85. The Morgan fingerprint density at radius 3 is 3.00 bits per heavy atom. The predicted molar refractivity (Wildman–Crippen MR) is 51.0 cm³/mol. The Bertz CT molecular complexity index is 407. The van der Waals surface area contributed by atoms with Crippen molar-refractivity contribution in [3.8, 4) is 16.5 Å². The van der Waals surface area contributed by atoms with E-state index in [0.29, 0.717) is 5.82 Å². The van der Waals surface area contributed by atoms with E-state index in [1.54, 1.807) is 18.4 Å². The van der Waals surface area contributed by atoms with Gasteiger partial charge in [0.05, 0.1) is 7.11 Å². The van der Waals surface area contributed by atoms with Gasteiger partial charge in [-0.2, -0.15) is 5.10 Å². The zero-order chi connectivity index (χ0) is 9.26. The number of H-pyrrole nitrogens is 1. The second-order valence-electron chi connectivity index (χ2n) is 2.56. The minimum absolute atomic E-state index is 0.698. The molecule has 0 spiro atoms. The summed E-state index contributed by atoms with van der Waals surface area (Å²) in [5, 5.41) is 8.82. The summed E-state index contributed by atoms with van der Waals surface area (Å²) in [6, 6.07) is 1.91. The monoisotopic (exact) mass is 195 g/mol. The molecule has 0 bridgehead atoms. The van der Waals surface area contributed by atoms with E-state index in [4.69, 9.17) is 4.74 Å². The standard InChI is InChI=1S/C8H9N3OS/c1-5-9-8(11-10-5)7-6(12-2)3-4-13-7/h3-4H,1-2H3,(H,9,10,11). The molecule has 0 aliphatic rings. The van der Waals surface area contributed by atoms with Gasteiger partial charge in [0.15, 0.2) is 5.82 Å². The van der Waals surface area contributed by atoms with E-state index >= 15 is 0 Å². The van der Waals surface area contributed by atoms with Crippen molar-refractivity contribution in [3.63, 3.8) is 0 Å². The lowest BCUT2D eigenvalue weighted by atomic mass is 10.4. The van der Waals surface area contributed by atoms with Gasteiger partial charge >= 0.3 is 0 Å². The molecule has 0 saturated carbocycles. The number of aromatic nitrogens is 3. The third-order valence-corrected chi connectivity index (χ3v) is 2.54. The highest BCUT2D eigenvalue weighted by atomic mass is 32.1. The van der Waals surface area contributed by atoms with Crippen LogP contribution in [0, 0.1) is 6.92 Å². The maximum Gasteiger partial charge on any atom is 0.195 e. The first-order chi connectivity index (χ1) is 6.31. The number of rotatable bonds is 2. The van der Waals surface area contributed by atoms with Gasteiger partial charge in [0.25, 0.3) is 0 Å². The van der Waals surface area contributed by atoms with Crippen LogP contribution < -0.4 is 4.74 Å². The molecule has 68 valence electrons. The fraction of sp³-hybridized carbons (Fsp3) is 0.250. The molecule has 0 aromatic carbocycles. The van der Waals surface area contributed by atoms with Gasteiger partial charge in [0.1, 0.15) is 16.5 Å². The Morgan fingerprint density at radius 1 is 1.54 bits per heavy atom. The molecule has 2 aromatic rings. The molecule has 0 aliphatic carbocycles. The summed E-state index contributed by atoms with van der Waals surface area (Å²) in [5.41, 5.74) is 0. The topological polar surface area (TPSA) is 50.8 Å². The van der Waals surface area contributed by atoms with Crippen molar-refractivity contribution in [2.24, 2.45) is 0 Å². The summed E-state index contributed by atoms with van der Waals surface area (Å²) in [6.07, 6.45) is 0. The Balaban J connectivity index is 2.45. The van der Waals surface area contributed by atoms with Crippen molar-refractivity contribution in [1.82, 2.24) is 15.2 Å². The van der Waals surface area contributed by atoms with Crippen LogP contribution in [0.2, 0.25) is 0 Å². The Kier molecular flexibility index (Phi) is 2.02. The van der Waals surface area contributed by atoms with Gasteiger partial charge < -0.3 is 4.74 Å². The van der Waals surface area contributed by atoms with E-state index < -0.39 is 0 Å². The molecule has 4 nitrogen and oxygen atoms in total. The first-order valence-electron chi connectivity index (χ1n) is 3.82. The molecule has 13 heavy (non-hydrogen) atoms. The smallest absolute Gasteiger partial charge is 0.195 e. The van der Waals surface area contributed by atoms with Gasteiger partial charge in [-0.25, -0.2) is 4.98 Å². The number of ether oxygens (including phenoxy) is 1. The highest BCUT2D eigenvalue weighted by Crippen LogP contribution is 2.32. The molecule has 1 N–H and O–H groups in total. The lowest BCUT2D eigenvalue weighted by molar-refractivity contribution is 0.418. The lowest BCUT2D eigenvalue weighted by Crippen LogP contribution is -1.83. The van der Waals surface area contributed by atoms with Crippen LogP contribution in [0.3, 0.4) is 0 Å². The zero-order valence-corrected chi connectivity index (χ0v) is 8.18. The van der Waals surface area contributed by atoms with E-state index in [9.17, 15) is 0 Å². The molecule has 0 saturated heterocycles. The second-order valence-corrected chi connectivity index (χ2v) is 3.48. The molecule has 0 amide bonds. The van der Waals surface area contributed by atoms with Crippen LogP contribution in [-0.2, 0) is 0 Å². The molecular formula is C8H9N3OS. The fourth-order valence-electron chi connectivity index (χ4n) is 1.07. The van der Waals surface area contributed by atoms with Crippen LogP contribution >= 0.6 is 11.3 Å². The normalized spacial score (nSPS) is 10.3. The number of nitrogens with zero attached hydrogens (tertiary/aromatic N) is 2. The SMILES string of the molecule is COc1ccsc1-c1n[nH]c(C)n1. The second kappa shape index (κ2) is 3.18. The Labute approximate surface area is 79.6 Å². The van der Waals surface area contributed by atoms with Gasteiger partial charge in [0.2, 0.25) is 0 Å². The molecule has 0 unspecified atom stereocenters. The number of thiophene rings is 1. The third-order valence-electron chi connectivity index (χ3n) is 1.65. The number of nitrogens with one attached hydrogen (secondary N) is 1. The first-order valence-corrected chi connectivity index (χ1v) is 4.70. The maximum absolute atomic E-state index is 5.17. The van der Waals surface area contributed by atoms with Crippen LogP contribution in [0.15, 0.2) is 11.4 Å². The molecule has 0 radical (unpaired) electrons. The first kappa shape index (κ1) is 8.25. The van der Waals surface area contributed by atoms with Gasteiger partial charge in [-0.1, -0.05) is 0 Å². The molecule has 0 atom stereocenters. The van der Waals surface area contributed by atoms with Gasteiger partial charge in [0, 0.05) is 0 Å². The molecule has 2 rings (SSSR count). The lowest BCUT2D eigenvalue weighted by Gasteiger charge is -1.96. The Hall–Kier alpha value is -1.36. The highest BCUT2D eigenvalue weighted by molar-refractivity contribution is 7.13. The highest BCUT2D eigenvalue weighted by Gasteiger charge is 2.10. The van der Waals surface area contributed by atoms with Crippen molar-refractivity contribution >= 4 is 11.3 Å². The largest absolute Gasteiger partial charge is 0.495 e. The van der Waals surface area contributed by atoms with E-state index in [2.05, 4.69) is 15.2 Å². The molecular weight excluding hydrogens is 186 g/mol. The van der Waals surface area contributed by atoms with Crippen molar-refractivity contribution in [2.75, 3.05) is 7.11 Å². The van der Waals surface area contributed by atoms with Gasteiger partial charge in [-0.15, -0.1) is 11.3 Å². The summed E-state index contributed by atoms with van der Waals surface area (Å²) in [4.78, 5) is 5.19. The average molecular weight is 195 g/mol. The van der Waals surface area contributed by atoms with E-state index in [1.807, 2.05) is 18.4 Å². The van der Waals surface area contributed by atoms with Crippen LogP contribution in [-0.4, -0.2) is 22.3 Å². The molecule has 0 fully saturated rings. The maximum atomic E-state index is 5.17. The molecule has 2 aromatic heterocycles. The zero-order valence-electron chi connectivity index (χ0n) is 7.37. The van der Waals surface area contributed by atoms with Crippen molar-refractivity contribution in [3.05, 3.63) is 17.3 Å². The van der Waals surface area contributed by atoms with E-state index in [0.717, 1.165) is 16.5 Å². The molecule has 5 heteroatoms. The van der Waals surface area contributed by atoms with Gasteiger partial charge in [-0.05, 0) is 18.4 Å². The van der Waals surface area contributed by atoms with Crippen molar-refractivity contribution < 1.29 is 4.74 Å². The summed E-state index contributed by atoms with van der Waals surface area (Å²) < 4.78 is 5.17. The number of aryl methyl sites for hydroxylation is 1. The number of methoxy groups -OCH3 is 1. The molecule has 0 aliphatic heterocycles. The summed E-state index contributed by atoms with van der Waals surface area (Å²) in [7, 11) is 1.64. The van der Waals surface area contributed by atoms with Gasteiger partial charge in [-0.3, -0.25) is 5.10 Å². The minimum atomic E-state index is 0.698. The summed E-state index contributed by atoms with van der Waals surface area (Å²) in [5.74, 6) is 2.33. The average Bonchev–Trinajstić information content (AvgIpc) is 2.71. The van der Waals surface area contributed by atoms with Crippen LogP contribution in [0.25, 0.3) is 10.7 Å². The summed E-state index contributed by atoms with van der Waals surface area (Å²) >= 11 is 1.57. The fourth-order valence-corrected chi connectivity index (χ4v) is 1.86. The van der Waals surface area contributed by atoms with E-state index in [-0.39, 0.29) is 0 Å². The third kappa shape index (κ3) is 1.42. The van der Waals surface area contributed by atoms with Crippen LogP contribution in [0.1, 0.15) is 5.82 Å². The quantitative estimate of drug-likeness (QED) is 0.795. The molecule has 2 heterocycles. The van der Waals surface area contributed by atoms with Crippen molar-refractivity contribution in [1.29, 1.82) is 0 Å². The van der Waals surface area contributed by atoms with Crippen LogP contribution in [0.5, 0.6) is 5.75 Å². The van der Waals surface area contributed by atoms with Crippen molar-refractivity contribution in [2.45, 2.75) is 6.92 Å². The number of aromatic amines is 1. The van der Waals surface area contributed by atoms with Crippen LogP contribution in [0.4, 0.5) is 0 Å². The number of hydrogen-bond acceptors (Lipinski definition) is 4.